The second-order valence-corrected chi connectivity index (χ2v) is 14.5. The number of alkyl halides is 2. The summed E-state index contributed by atoms with van der Waals surface area (Å²) in [5.74, 6) is -3.59. The summed E-state index contributed by atoms with van der Waals surface area (Å²) in [5.41, 5.74) is -0.137. The average molecular weight is 487 g/mol. The molecule has 7 heteroatoms. The SMILES string of the molecule is [2H]C([2H])([2H])c1cnc(-c2cccc3c2oc2nc(C#N)ccc23)cc1C(F)(F)c1ccc([Si](C)(C)C)cc1. The number of hydrogen-bond donors (Lipinski definition) is 0. The molecule has 0 bridgehead atoms. The fourth-order valence-corrected chi connectivity index (χ4v) is 5.31. The van der Waals surface area contributed by atoms with Gasteiger partial charge in [-0.1, -0.05) is 61.2 Å². The largest absolute Gasteiger partial charge is 0.437 e. The van der Waals surface area contributed by atoms with Crippen molar-refractivity contribution in [2.24, 2.45) is 0 Å². The Labute approximate surface area is 207 Å². The molecule has 0 unspecified atom stereocenters. The number of halogens is 2. The highest BCUT2D eigenvalue weighted by atomic mass is 28.3. The quantitative estimate of drug-likeness (QED) is 0.259. The summed E-state index contributed by atoms with van der Waals surface area (Å²) in [7, 11) is -1.71. The lowest BCUT2D eigenvalue weighted by molar-refractivity contribution is 0.0421. The molecule has 0 saturated carbocycles. The molecule has 3 aromatic heterocycles. The van der Waals surface area contributed by atoms with Crippen LogP contribution in [0.15, 0.2) is 71.3 Å². The summed E-state index contributed by atoms with van der Waals surface area (Å²) in [6.07, 6.45) is 0.996. The van der Waals surface area contributed by atoms with Crippen molar-refractivity contribution in [3.63, 3.8) is 0 Å². The van der Waals surface area contributed by atoms with Gasteiger partial charge in [0.15, 0.2) is 0 Å². The average Bonchev–Trinajstić information content (AvgIpc) is 3.25. The van der Waals surface area contributed by atoms with Crippen LogP contribution in [0.2, 0.25) is 19.6 Å². The molecule has 0 aliphatic heterocycles. The van der Waals surface area contributed by atoms with Gasteiger partial charge >= 0.3 is 0 Å². The van der Waals surface area contributed by atoms with E-state index in [0.717, 1.165) is 17.4 Å². The molecular formula is C28H23F2N3OSi. The zero-order chi connectivity index (χ0) is 27.5. The fourth-order valence-electron chi connectivity index (χ4n) is 4.14. The van der Waals surface area contributed by atoms with E-state index in [-0.39, 0.29) is 22.7 Å². The molecule has 0 atom stereocenters. The van der Waals surface area contributed by atoms with Crippen LogP contribution in [0.1, 0.15) is 26.5 Å². The molecule has 0 aliphatic rings. The van der Waals surface area contributed by atoms with E-state index < -0.39 is 32.0 Å². The second-order valence-electron chi connectivity index (χ2n) is 9.46. The number of para-hydroxylation sites is 1. The third-order valence-electron chi connectivity index (χ3n) is 6.11. The van der Waals surface area contributed by atoms with Crippen molar-refractivity contribution in [2.45, 2.75) is 32.4 Å². The maximum atomic E-state index is 16.0. The molecule has 5 rings (SSSR count). The number of nitrogens with zero attached hydrogens (tertiary/aromatic N) is 3. The Balaban J connectivity index is 1.70. The molecule has 0 spiro atoms. The van der Waals surface area contributed by atoms with Crippen LogP contribution in [0.4, 0.5) is 8.78 Å². The number of benzene rings is 2. The monoisotopic (exact) mass is 486 g/mol. The number of fused-ring (bicyclic) bond motifs is 3. The van der Waals surface area contributed by atoms with Gasteiger partial charge in [0, 0.05) is 37.8 Å². The van der Waals surface area contributed by atoms with Crippen LogP contribution in [0.5, 0.6) is 0 Å². The highest BCUT2D eigenvalue weighted by Crippen LogP contribution is 2.40. The van der Waals surface area contributed by atoms with Gasteiger partial charge in [0.1, 0.15) is 17.3 Å². The van der Waals surface area contributed by atoms with Crippen molar-refractivity contribution in [3.05, 3.63) is 89.2 Å². The van der Waals surface area contributed by atoms with E-state index in [4.69, 9.17) is 8.53 Å². The van der Waals surface area contributed by atoms with E-state index in [9.17, 15) is 5.26 Å². The molecule has 0 N–H and O–H groups in total. The standard InChI is InChI=1S/C28H23F2N3OSi/c1-17-16-32-25(14-24(17)28(29,30)18-8-11-20(12-9-18)35(2,3)4)23-7-5-6-21-22-13-10-19(15-31)33-27(22)34-26(21)23/h5-14,16H,1-4H3/i1D3. The van der Waals surface area contributed by atoms with Crippen molar-refractivity contribution in [1.29, 1.82) is 5.26 Å². The minimum atomic E-state index is -3.59. The third-order valence-corrected chi connectivity index (χ3v) is 8.18. The first-order valence-corrected chi connectivity index (χ1v) is 14.5. The maximum absolute atomic E-state index is 16.0. The van der Waals surface area contributed by atoms with E-state index in [2.05, 4.69) is 29.6 Å². The smallest absolute Gasteiger partial charge is 0.298 e. The summed E-state index contributed by atoms with van der Waals surface area (Å²) < 4.78 is 61.7. The topological polar surface area (TPSA) is 62.7 Å². The number of hydrogen-bond acceptors (Lipinski definition) is 4. The highest BCUT2D eigenvalue weighted by molar-refractivity contribution is 6.88. The van der Waals surface area contributed by atoms with Crippen LogP contribution in [0.3, 0.4) is 0 Å². The number of rotatable bonds is 4. The Bertz CT molecular complexity index is 1730. The van der Waals surface area contributed by atoms with Crippen molar-refractivity contribution < 1.29 is 17.3 Å². The van der Waals surface area contributed by atoms with E-state index in [1.165, 1.54) is 12.1 Å². The number of furan rings is 1. The third kappa shape index (κ3) is 3.90. The van der Waals surface area contributed by atoms with Crippen LogP contribution in [0, 0.1) is 18.2 Å². The van der Waals surface area contributed by atoms with Crippen molar-refractivity contribution in [1.82, 2.24) is 9.97 Å². The molecule has 2 aromatic carbocycles. The lowest BCUT2D eigenvalue weighted by Crippen LogP contribution is -2.37. The zero-order valence-electron chi connectivity index (χ0n) is 22.4. The summed E-state index contributed by atoms with van der Waals surface area (Å²) in [6, 6.07) is 17.7. The zero-order valence-corrected chi connectivity index (χ0v) is 20.4. The van der Waals surface area contributed by atoms with E-state index in [1.54, 1.807) is 42.5 Å². The Morgan fingerprint density at radius 2 is 1.80 bits per heavy atom. The van der Waals surface area contributed by atoms with Crippen LogP contribution >= 0.6 is 0 Å². The summed E-state index contributed by atoms with van der Waals surface area (Å²) >= 11 is 0. The minimum absolute atomic E-state index is 0.136. The molecule has 5 aromatic rings. The predicted octanol–water partition coefficient (Wildman–Crippen LogP) is 6.91. The van der Waals surface area contributed by atoms with E-state index in [1.807, 2.05) is 6.07 Å². The lowest BCUT2D eigenvalue weighted by atomic mass is 9.95. The second kappa shape index (κ2) is 8.10. The molecule has 0 saturated heterocycles. The maximum Gasteiger partial charge on any atom is 0.298 e. The molecule has 0 aliphatic carbocycles. The van der Waals surface area contributed by atoms with Crippen LogP contribution < -0.4 is 5.19 Å². The Kier molecular flexibility index (Phi) is 4.50. The Morgan fingerprint density at radius 3 is 2.49 bits per heavy atom. The molecule has 35 heavy (non-hydrogen) atoms. The molecule has 174 valence electrons. The van der Waals surface area contributed by atoms with Gasteiger partial charge in [-0.15, -0.1) is 0 Å². The molecule has 3 heterocycles. The first-order chi connectivity index (χ1) is 17.8. The molecule has 0 amide bonds. The number of pyridine rings is 2. The number of aryl methyl sites for hydroxylation is 1. The Hall–Kier alpha value is -3.89. The van der Waals surface area contributed by atoms with Crippen LogP contribution in [-0.4, -0.2) is 18.0 Å². The van der Waals surface area contributed by atoms with Crippen molar-refractivity contribution in [2.75, 3.05) is 0 Å². The van der Waals surface area contributed by atoms with Gasteiger partial charge in [0.2, 0.25) is 5.71 Å². The van der Waals surface area contributed by atoms with Gasteiger partial charge in [-0.25, -0.2) is 4.98 Å². The molecule has 0 radical (unpaired) electrons. The van der Waals surface area contributed by atoms with Crippen molar-refractivity contribution >= 4 is 35.3 Å². The van der Waals surface area contributed by atoms with E-state index >= 15 is 8.78 Å². The number of aromatic nitrogens is 2. The highest BCUT2D eigenvalue weighted by Gasteiger charge is 2.36. The van der Waals surface area contributed by atoms with Gasteiger partial charge in [-0.3, -0.25) is 4.98 Å². The van der Waals surface area contributed by atoms with Crippen LogP contribution in [-0.2, 0) is 5.92 Å². The normalized spacial score (nSPS) is 13.9. The van der Waals surface area contributed by atoms with Gasteiger partial charge in [0.05, 0.1) is 13.8 Å². The van der Waals surface area contributed by atoms with Gasteiger partial charge in [-0.2, -0.15) is 14.0 Å². The Morgan fingerprint density at radius 1 is 1.03 bits per heavy atom. The lowest BCUT2D eigenvalue weighted by Gasteiger charge is -2.22. The first kappa shape index (κ1) is 19.4. The summed E-state index contributed by atoms with van der Waals surface area (Å²) in [5, 5.41) is 11.5. The van der Waals surface area contributed by atoms with E-state index in [0.29, 0.717) is 21.9 Å². The van der Waals surface area contributed by atoms with Crippen molar-refractivity contribution in [3.8, 4) is 17.3 Å². The predicted molar refractivity (Wildman–Crippen MR) is 137 cm³/mol. The number of nitriles is 1. The minimum Gasteiger partial charge on any atom is -0.437 e. The van der Waals surface area contributed by atoms with Gasteiger partial charge in [-0.05, 0) is 36.7 Å². The molecular weight excluding hydrogens is 460 g/mol. The fraction of sp³-hybridized carbons (Fsp3) is 0.179. The molecule has 0 fully saturated rings. The molecule has 4 nitrogen and oxygen atoms in total. The van der Waals surface area contributed by atoms with Crippen LogP contribution in [0.25, 0.3) is 33.3 Å². The van der Waals surface area contributed by atoms with Gasteiger partial charge in [0.25, 0.3) is 5.92 Å². The summed E-state index contributed by atoms with van der Waals surface area (Å²) in [6.45, 7) is 3.57. The van der Waals surface area contributed by atoms with Gasteiger partial charge < -0.3 is 4.42 Å². The first-order valence-electron chi connectivity index (χ1n) is 12.5. The summed E-state index contributed by atoms with van der Waals surface area (Å²) in [4.78, 5) is 8.46.